The minimum absolute atomic E-state index is 0.396. The maximum absolute atomic E-state index is 12.3. The first-order chi connectivity index (χ1) is 14.4. The van der Waals surface area contributed by atoms with Crippen LogP contribution in [-0.4, -0.2) is 17.9 Å². The Balaban J connectivity index is 1.96. The van der Waals surface area contributed by atoms with Gasteiger partial charge in [0.25, 0.3) is 0 Å². The summed E-state index contributed by atoms with van der Waals surface area (Å²) in [4.78, 5) is 24.9. The predicted molar refractivity (Wildman–Crippen MR) is 125 cm³/mol. The maximum atomic E-state index is 12.3. The van der Waals surface area contributed by atoms with Gasteiger partial charge in [-0.25, -0.2) is 4.79 Å². The molecule has 0 fully saturated rings. The van der Waals surface area contributed by atoms with Crippen molar-refractivity contribution in [1.82, 2.24) is 0 Å². The summed E-state index contributed by atoms with van der Waals surface area (Å²) in [5, 5.41) is 3.15. The molecule has 0 saturated carbocycles. The van der Waals surface area contributed by atoms with Crippen LogP contribution < -0.4 is 0 Å². The smallest absolute Gasteiger partial charge is 0.331 e. The van der Waals surface area contributed by atoms with Gasteiger partial charge in [-0.05, 0) is 54.8 Å². The third-order valence-corrected chi connectivity index (χ3v) is 5.84. The molecular formula is C26H22O3S. The predicted octanol–water partition coefficient (Wildman–Crippen LogP) is 6.89. The van der Waals surface area contributed by atoms with E-state index in [1.807, 2.05) is 69.3 Å². The number of benzene rings is 3. The molecule has 0 spiro atoms. The second-order valence-electron chi connectivity index (χ2n) is 8.07. The van der Waals surface area contributed by atoms with Crippen molar-refractivity contribution in [3.05, 3.63) is 77.2 Å². The number of fused-ring (bicyclic) bond motifs is 2. The van der Waals surface area contributed by atoms with Crippen molar-refractivity contribution in [3.63, 3.8) is 0 Å². The Labute approximate surface area is 179 Å². The molecule has 0 amide bonds. The van der Waals surface area contributed by atoms with Gasteiger partial charge in [0.15, 0.2) is 6.29 Å². The Morgan fingerprint density at radius 3 is 2.33 bits per heavy atom. The highest BCUT2D eigenvalue weighted by molar-refractivity contribution is 7.21. The molecule has 0 aliphatic carbocycles. The van der Waals surface area contributed by atoms with Gasteiger partial charge in [0.1, 0.15) is 5.60 Å². The molecule has 4 aromatic rings. The largest absolute Gasteiger partial charge is 0.457 e. The Morgan fingerprint density at radius 1 is 0.900 bits per heavy atom. The van der Waals surface area contributed by atoms with Crippen LogP contribution in [0.2, 0.25) is 0 Å². The van der Waals surface area contributed by atoms with Crippen molar-refractivity contribution in [2.75, 3.05) is 0 Å². The van der Waals surface area contributed by atoms with Crippen LogP contribution in [0, 0.1) is 0 Å². The Kier molecular flexibility index (Phi) is 5.27. The number of carbonyl (C=O) groups excluding carboxylic acids is 2. The molecule has 0 bridgehead atoms. The minimum Gasteiger partial charge on any atom is -0.457 e. The number of thiophene rings is 1. The van der Waals surface area contributed by atoms with E-state index < -0.39 is 11.6 Å². The van der Waals surface area contributed by atoms with Crippen molar-refractivity contribution in [2.24, 2.45) is 0 Å². The molecule has 4 rings (SSSR count). The van der Waals surface area contributed by atoms with Crippen molar-refractivity contribution in [2.45, 2.75) is 26.4 Å². The van der Waals surface area contributed by atoms with Crippen LogP contribution in [0.5, 0.6) is 0 Å². The topological polar surface area (TPSA) is 43.4 Å². The van der Waals surface area contributed by atoms with Crippen LogP contribution in [0.25, 0.3) is 38.1 Å². The van der Waals surface area contributed by atoms with Gasteiger partial charge in [-0.15, -0.1) is 11.3 Å². The van der Waals surface area contributed by atoms with E-state index in [9.17, 15) is 9.59 Å². The highest BCUT2D eigenvalue weighted by Crippen LogP contribution is 2.43. The Morgan fingerprint density at radius 2 is 1.60 bits per heavy atom. The summed E-state index contributed by atoms with van der Waals surface area (Å²) >= 11 is 1.48. The lowest BCUT2D eigenvalue weighted by Crippen LogP contribution is -2.22. The number of aldehydes is 1. The van der Waals surface area contributed by atoms with Crippen molar-refractivity contribution in [3.8, 4) is 11.1 Å². The highest BCUT2D eigenvalue weighted by Gasteiger charge is 2.19. The van der Waals surface area contributed by atoms with Gasteiger partial charge in [0, 0.05) is 21.7 Å². The molecule has 0 aliphatic rings. The zero-order valence-electron chi connectivity index (χ0n) is 17.1. The van der Waals surface area contributed by atoms with Crippen LogP contribution in [0.15, 0.2) is 66.7 Å². The minimum atomic E-state index is -0.554. The summed E-state index contributed by atoms with van der Waals surface area (Å²) < 4.78 is 6.47. The molecule has 4 heteroatoms. The Hall–Kier alpha value is -3.24. The fraction of sp³-hybridized carbons (Fsp3) is 0.154. The van der Waals surface area contributed by atoms with Gasteiger partial charge in [-0.1, -0.05) is 54.6 Å². The van der Waals surface area contributed by atoms with E-state index in [4.69, 9.17) is 4.74 Å². The molecule has 0 saturated heterocycles. The molecule has 1 aromatic heterocycles. The average Bonchev–Trinajstić information content (AvgIpc) is 3.09. The van der Waals surface area contributed by atoms with Crippen molar-refractivity contribution >= 4 is 50.5 Å². The van der Waals surface area contributed by atoms with E-state index in [0.29, 0.717) is 4.88 Å². The second-order valence-corrected chi connectivity index (χ2v) is 9.16. The van der Waals surface area contributed by atoms with Crippen LogP contribution in [-0.2, 0) is 9.53 Å². The summed E-state index contributed by atoms with van der Waals surface area (Å²) in [6.07, 6.45) is 4.15. The first-order valence-electron chi connectivity index (χ1n) is 9.77. The molecule has 3 nitrogen and oxygen atoms in total. The normalized spacial score (nSPS) is 12.0. The lowest BCUT2D eigenvalue weighted by Gasteiger charge is -2.18. The zero-order valence-corrected chi connectivity index (χ0v) is 18.0. The second kappa shape index (κ2) is 7.88. The molecule has 30 heavy (non-hydrogen) atoms. The number of carbonyl (C=O) groups is 2. The van der Waals surface area contributed by atoms with Gasteiger partial charge in [0.2, 0.25) is 0 Å². The maximum Gasteiger partial charge on any atom is 0.331 e. The number of esters is 1. The van der Waals surface area contributed by atoms with E-state index in [1.54, 1.807) is 6.08 Å². The monoisotopic (exact) mass is 414 g/mol. The van der Waals surface area contributed by atoms with E-state index in [0.717, 1.165) is 43.8 Å². The standard InChI is InChI=1S/C26H22O3S/c1-26(2,3)29-23(28)15-14-18-13-12-17-8-4-5-9-19(17)24(18)25-20-10-6-7-11-21(20)30-22(25)16-27/h4-16H,1-3H3/b15-14+. The van der Waals surface area contributed by atoms with E-state index in [-0.39, 0.29) is 0 Å². The number of rotatable bonds is 4. The quantitative estimate of drug-likeness (QED) is 0.207. The molecule has 0 radical (unpaired) electrons. The summed E-state index contributed by atoms with van der Waals surface area (Å²) in [6, 6.07) is 20.1. The first-order valence-corrected chi connectivity index (χ1v) is 10.6. The SMILES string of the molecule is CC(C)(C)OC(=O)/C=C/c1ccc2ccccc2c1-c1c(C=O)sc2ccccc12. The molecule has 0 N–H and O–H groups in total. The van der Waals surface area contributed by atoms with Gasteiger partial charge in [-0.3, -0.25) is 4.79 Å². The number of hydrogen-bond donors (Lipinski definition) is 0. The lowest BCUT2D eigenvalue weighted by atomic mass is 9.91. The number of hydrogen-bond acceptors (Lipinski definition) is 4. The fourth-order valence-corrected chi connectivity index (χ4v) is 4.63. The summed E-state index contributed by atoms with van der Waals surface area (Å²) in [5.41, 5.74) is 2.17. The Bertz CT molecular complexity index is 1290. The molecule has 3 aromatic carbocycles. The molecule has 150 valence electrons. The van der Waals surface area contributed by atoms with E-state index in [2.05, 4.69) is 12.1 Å². The highest BCUT2D eigenvalue weighted by atomic mass is 32.1. The van der Waals surface area contributed by atoms with Crippen LogP contribution in [0.3, 0.4) is 0 Å². The van der Waals surface area contributed by atoms with Gasteiger partial charge in [0.05, 0.1) is 4.88 Å². The average molecular weight is 415 g/mol. The van der Waals surface area contributed by atoms with Crippen LogP contribution in [0.1, 0.15) is 36.0 Å². The summed E-state index contributed by atoms with van der Waals surface area (Å²) in [5.74, 6) is -0.396. The number of ether oxygens (including phenoxy) is 1. The van der Waals surface area contributed by atoms with Gasteiger partial charge >= 0.3 is 5.97 Å². The summed E-state index contributed by atoms with van der Waals surface area (Å²) in [6.45, 7) is 5.52. The third-order valence-electron chi connectivity index (χ3n) is 4.75. The fourth-order valence-electron chi connectivity index (χ4n) is 3.61. The van der Waals surface area contributed by atoms with E-state index in [1.165, 1.54) is 17.4 Å². The zero-order chi connectivity index (χ0) is 21.3. The van der Waals surface area contributed by atoms with E-state index >= 15 is 0 Å². The molecule has 0 atom stereocenters. The van der Waals surface area contributed by atoms with Gasteiger partial charge in [-0.2, -0.15) is 0 Å². The molecular weight excluding hydrogens is 392 g/mol. The van der Waals surface area contributed by atoms with Crippen LogP contribution >= 0.6 is 11.3 Å². The molecule has 0 aliphatic heterocycles. The lowest BCUT2D eigenvalue weighted by molar-refractivity contribution is -0.148. The van der Waals surface area contributed by atoms with Crippen molar-refractivity contribution < 1.29 is 14.3 Å². The molecule has 0 unspecified atom stereocenters. The first kappa shape index (κ1) is 20.0. The van der Waals surface area contributed by atoms with Gasteiger partial charge < -0.3 is 4.74 Å². The van der Waals surface area contributed by atoms with Crippen molar-refractivity contribution in [1.29, 1.82) is 0 Å². The third kappa shape index (κ3) is 3.91. The summed E-state index contributed by atoms with van der Waals surface area (Å²) in [7, 11) is 0. The van der Waals surface area contributed by atoms with Crippen LogP contribution in [0.4, 0.5) is 0 Å². The molecule has 1 heterocycles.